The summed E-state index contributed by atoms with van der Waals surface area (Å²) in [5.74, 6) is 0.473. The van der Waals surface area contributed by atoms with Crippen LogP contribution in [0, 0.1) is 0 Å². The van der Waals surface area contributed by atoms with Crippen LogP contribution in [0.25, 0.3) is 22.5 Å². The van der Waals surface area contributed by atoms with E-state index in [0.717, 1.165) is 51.8 Å². The van der Waals surface area contributed by atoms with E-state index in [9.17, 15) is 14.4 Å². The van der Waals surface area contributed by atoms with Crippen LogP contribution in [0.15, 0.2) is 57.4 Å². The van der Waals surface area contributed by atoms with E-state index in [1.165, 1.54) is 19.3 Å². The van der Waals surface area contributed by atoms with E-state index in [0.29, 0.717) is 29.7 Å². The molecule has 2 amide bonds. The molecule has 3 aromatic rings. The van der Waals surface area contributed by atoms with Crippen LogP contribution < -0.4 is 9.80 Å². The van der Waals surface area contributed by atoms with Crippen molar-refractivity contribution in [2.24, 2.45) is 0 Å². The molecule has 0 fully saturated rings. The number of carbonyl (C=O) groups is 3. The quantitative estimate of drug-likeness (QED) is 0.159. The molecule has 0 aliphatic carbocycles. The number of anilines is 2. The van der Waals surface area contributed by atoms with Gasteiger partial charge in [0.05, 0.1) is 22.5 Å². The zero-order valence-corrected chi connectivity index (χ0v) is 22.6. The third-order valence-electron chi connectivity index (χ3n) is 7.14. The highest BCUT2D eigenvalue weighted by atomic mass is 79.9. The topological polar surface area (TPSA) is 70.8 Å². The molecule has 5 rings (SSSR count). The maximum Gasteiger partial charge on any atom is 0.259 e. The number of unbranched alkanes of at least 4 members (excludes halogenated alkanes) is 5. The van der Waals surface area contributed by atoms with E-state index >= 15 is 0 Å². The first-order chi connectivity index (χ1) is 17.9. The van der Waals surface area contributed by atoms with Gasteiger partial charge in [0.15, 0.2) is 12.0 Å². The van der Waals surface area contributed by atoms with Crippen LogP contribution in [0.1, 0.15) is 67.1 Å². The Bertz CT molecular complexity index is 1420. The van der Waals surface area contributed by atoms with E-state index < -0.39 is 0 Å². The van der Waals surface area contributed by atoms with Crippen molar-refractivity contribution in [3.05, 3.63) is 69.9 Å². The molecule has 6 nitrogen and oxygen atoms in total. The minimum atomic E-state index is -0.186. The van der Waals surface area contributed by atoms with Gasteiger partial charge in [-0.2, -0.15) is 0 Å². The summed E-state index contributed by atoms with van der Waals surface area (Å²) in [5.41, 5.74) is 4.71. The number of halogens is 1. The predicted molar refractivity (Wildman–Crippen MR) is 150 cm³/mol. The fourth-order valence-electron chi connectivity index (χ4n) is 5.19. The van der Waals surface area contributed by atoms with E-state index in [4.69, 9.17) is 4.42 Å². The van der Waals surface area contributed by atoms with Gasteiger partial charge in [-0.3, -0.25) is 14.4 Å². The maximum atomic E-state index is 14.0. The molecule has 37 heavy (non-hydrogen) atoms. The highest BCUT2D eigenvalue weighted by Crippen LogP contribution is 2.47. The van der Waals surface area contributed by atoms with Crippen molar-refractivity contribution in [3.8, 4) is 11.3 Å². The molecule has 0 atom stereocenters. The fourth-order valence-corrected chi connectivity index (χ4v) is 5.54. The second-order valence-corrected chi connectivity index (χ2v) is 10.5. The van der Waals surface area contributed by atoms with Crippen molar-refractivity contribution >= 4 is 56.6 Å². The maximum absolute atomic E-state index is 14.0. The zero-order valence-electron chi connectivity index (χ0n) is 21.1. The van der Waals surface area contributed by atoms with E-state index in [1.54, 1.807) is 29.0 Å². The number of carbonyl (C=O) groups excluding carboxylic acids is 3. The molecular weight excluding hydrogens is 532 g/mol. The van der Waals surface area contributed by atoms with E-state index in [-0.39, 0.29) is 17.6 Å². The van der Waals surface area contributed by atoms with Gasteiger partial charge in [0.25, 0.3) is 11.8 Å². The van der Waals surface area contributed by atoms with E-state index in [2.05, 4.69) is 22.9 Å². The van der Waals surface area contributed by atoms with Crippen molar-refractivity contribution in [2.75, 3.05) is 23.4 Å². The summed E-state index contributed by atoms with van der Waals surface area (Å²) in [4.78, 5) is 41.9. The average Bonchev–Trinajstić information content (AvgIpc) is 3.55. The Morgan fingerprint density at radius 3 is 2.30 bits per heavy atom. The first-order valence-electron chi connectivity index (χ1n) is 12.8. The smallest absolute Gasteiger partial charge is 0.259 e. The summed E-state index contributed by atoms with van der Waals surface area (Å²) < 4.78 is 6.52. The molecule has 0 saturated carbocycles. The van der Waals surface area contributed by atoms with Gasteiger partial charge < -0.3 is 14.2 Å². The second kappa shape index (κ2) is 10.5. The molecule has 0 bridgehead atoms. The van der Waals surface area contributed by atoms with Gasteiger partial charge in [-0.15, -0.1) is 0 Å². The minimum absolute atomic E-state index is 0.152. The van der Waals surface area contributed by atoms with Crippen LogP contribution in [-0.2, 0) is 9.59 Å². The Hall–Kier alpha value is -3.45. The number of rotatable bonds is 9. The number of hydrogen-bond acceptors (Lipinski definition) is 4. The monoisotopic (exact) mass is 560 g/mol. The number of benzene rings is 2. The normalized spacial score (nSPS) is 16.5. The molecule has 1 aromatic heterocycles. The first kappa shape index (κ1) is 25.2. The van der Waals surface area contributed by atoms with Gasteiger partial charge in [0, 0.05) is 34.8 Å². The highest BCUT2D eigenvalue weighted by Gasteiger charge is 2.41. The van der Waals surface area contributed by atoms with Crippen molar-refractivity contribution < 1.29 is 18.8 Å². The summed E-state index contributed by atoms with van der Waals surface area (Å²) in [6.45, 7) is 2.77. The van der Waals surface area contributed by atoms with Gasteiger partial charge in [0.2, 0.25) is 0 Å². The summed E-state index contributed by atoms with van der Waals surface area (Å²) in [6.07, 6.45) is 7.36. The lowest BCUT2D eigenvalue weighted by atomic mass is 9.95. The predicted octanol–water partition coefficient (Wildman–Crippen LogP) is 7.12. The molecule has 0 spiro atoms. The molecule has 0 unspecified atom stereocenters. The van der Waals surface area contributed by atoms with Gasteiger partial charge in [-0.25, -0.2) is 0 Å². The summed E-state index contributed by atoms with van der Waals surface area (Å²) in [7, 11) is 1.74. The zero-order chi connectivity index (χ0) is 26.1. The lowest BCUT2D eigenvalue weighted by Gasteiger charge is -2.17. The molecule has 190 valence electrons. The van der Waals surface area contributed by atoms with Crippen molar-refractivity contribution in [2.45, 2.75) is 45.4 Å². The van der Waals surface area contributed by atoms with Crippen molar-refractivity contribution in [1.29, 1.82) is 0 Å². The Labute approximate surface area is 225 Å². The third-order valence-corrected chi connectivity index (χ3v) is 7.63. The molecular formula is C30H29BrN2O4. The molecule has 0 N–H and O–H groups in total. The second-order valence-electron chi connectivity index (χ2n) is 9.55. The van der Waals surface area contributed by atoms with Gasteiger partial charge in [-0.05, 0) is 36.8 Å². The molecule has 0 radical (unpaired) electrons. The van der Waals surface area contributed by atoms with Gasteiger partial charge in [0.1, 0.15) is 5.76 Å². The molecule has 2 aromatic carbocycles. The highest BCUT2D eigenvalue weighted by molar-refractivity contribution is 9.10. The van der Waals surface area contributed by atoms with Crippen molar-refractivity contribution in [3.63, 3.8) is 0 Å². The number of fused-ring (bicyclic) bond motifs is 2. The largest absolute Gasteiger partial charge is 0.453 e. The summed E-state index contributed by atoms with van der Waals surface area (Å²) in [6, 6.07) is 14.8. The number of amides is 2. The molecule has 2 aliphatic rings. The number of likely N-dealkylation sites (N-methyl/N-ethyl adjacent to an activating group) is 1. The lowest BCUT2D eigenvalue weighted by molar-refractivity contribution is -0.114. The number of aldehydes is 1. The first-order valence-corrected chi connectivity index (χ1v) is 13.6. The number of hydrogen-bond donors (Lipinski definition) is 0. The number of furan rings is 1. The fraction of sp³-hybridized carbons (Fsp3) is 0.300. The Kier molecular flexibility index (Phi) is 7.15. The lowest BCUT2D eigenvalue weighted by Crippen LogP contribution is -2.28. The minimum Gasteiger partial charge on any atom is -0.453 e. The van der Waals surface area contributed by atoms with Crippen LogP contribution in [0.3, 0.4) is 0 Å². The summed E-state index contributed by atoms with van der Waals surface area (Å²) >= 11 is 3.49. The molecule has 0 saturated heterocycles. The molecule has 2 aliphatic heterocycles. The van der Waals surface area contributed by atoms with Crippen LogP contribution in [0.5, 0.6) is 0 Å². The summed E-state index contributed by atoms with van der Waals surface area (Å²) in [5, 5.41) is 0. The molecule has 3 heterocycles. The third kappa shape index (κ3) is 4.57. The van der Waals surface area contributed by atoms with Crippen LogP contribution in [-0.4, -0.2) is 31.7 Å². The van der Waals surface area contributed by atoms with Gasteiger partial charge >= 0.3 is 0 Å². The van der Waals surface area contributed by atoms with Crippen LogP contribution in [0.2, 0.25) is 0 Å². The van der Waals surface area contributed by atoms with Crippen molar-refractivity contribution in [1.82, 2.24) is 0 Å². The Balaban J connectivity index is 1.58. The van der Waals surface area contributed by atoms with E-state index in [1.807, 2.05) is 36.4 Å². The van der Waals surface area contributed by atoms with Crippen LogP contribution >= 0.6 is 15.9 Å². The van der Waals surface area contributed by atoms with Crippen LogP contribution in [0.4, 0.5) is 11.4 Å². The molecule has 7 heteroatoms. The average molecular weight is 561 g/mol. The van der Waals surface area contributed by atoms with Gasteiger partial charge in [-0.1, -0.05) is 73.2 Å². The Morgan fingerprint density at radius 1 is 0.838 bits per heavy atom. The Morgan fingerprint density at radius 2 is 1.54 bits per heavy atom. The standard InChI is InChI=1S/C30H29BrN2O4/c1-3-4-5-6-7-8-15-33-25-16-19(26-14-11-21(18-34)37-26)9-12-23(25)28(30(33)36)27-22-13-10-20(31)17-24(22)32(2)29(27)35/h9-14,16-18H,3-8,15H2,1-2H3/b28-27+. The number of nitrogens with zero attached hydrogens (tertiary/aromatic N) is 2. The SMILES string of the molecule is CCCCCCCCN1C(=O)/C(=C2/C(=O)N(C)c3cc(Br)ccc32)c2ccc(-c3ccc(C=O)o3)cc21.